The van der Waals surface area contributed by atoms with Crippen molar-refractivity contribution in [2.75, 3.05) is 18.5 Å². The zero-order chi connectivity index (χ0) is 16.6. The summed E-state index contributed by atoms with van der Waals surface area (Å²) in [5.41, 5.74) is 0.522. The molecule has 0 radical (unpaired) electrons. The molecule has 124 valence electrons. The zero-order valence-electron chi connectivity index (χ0n) is 13.3. The molecule has 0 saturated carbocycles. The van der Waals surface area contributed by atoms with Crippen molar-refractivity contribution in [2.24, 2.45) is 0 Å². The molecule has 1 N–H and O–H groups in total. The average Bonchev–Trinajstić information content (AvgIpc) is 3.08. The molecule has 1 fully saturated rings. The van der Waals surface area contributed by atoms with Crippen LogP contribution in [0.4, 0.5) is 5.69 Å². The third-order valence-electron chi connectivity index (χ3n) is 3.78. The normalized spacial score (nSPS) is 23.3. The van der Waals surface area contributed by atoms with Crippen molar-refractivity contribution < 1.29 is 28.5 Å². The third kappa shape index (κ3) is 3.02. The molecule has 2 aliphatic heterocycles. The van der Waals surface area contributed by atoms with E-state index in [0.717, 1.165) is 5.56 Å². The lowest BCUT2D eigenvalue weighted by Crippen LogP contribution is -2.44. The molecular weight excluding hydrogens is 302 g/mol. The monoisotopic (exact) mass is 321 g/mol. The van der Waals surface area contributed by atoms with Crippen LogP contribution in [0.15, 0.2) is 12.1 Å². The second-order valence-corrected chi connectivity index (χ2v) is 5.86. The lowest BCUT2D eigenvalue weighted by molar-refractivity contribution is -0.151. The molecule has 2 aliphatic rings. The summed E-state index contributed by atoms with van der Waals surface area (Å²) in [6, 6.07) is 3.33. The summed E-state index contributed by atoms with van der Waals surface area (Å²) in [5.74, 6) is 0.202. The Hall–Kier alpha value is -2.12. The molecule has 0 bridgehead atoms. The summed E-state index contributed by atoms with van der Waals surface area (Å²) < 4.78 is 22.3. The van der Waals surface area contributed by atoms with Gasteiger partial charge in [-0.1, -0.05) is 0 Å². The number of fused-ring (bicyclic) bond motifs is 1. The molecule has 23 heavy (non-hydrogen) atoms. The van der Waals surface area contributed by atoms with Gasteiger partial charge in [0.2, 0.25) is 5.91 Å². The van der Waals surface area contributed by atoms with Crippen molar-refractivity contribution in [1.29, 1.82) is 0 Å². The van der Waals surface area contributed by atoms with Crippen LogP contribution >= 0.6 is 0 Å². The molecule has 1 saturated heterocycles. The maximum atomic E-state index is 11.5. The number of hydrogen-bond donors (Lipinski definition) is 1. The molecule has 7 nitrogen and oxygen atoms in total. The topological polar surface area (TPSA) is 83.1 Å². The fourth-order valence-corrected chi connectivity index (χ4v) is 2.91. The van der Waals surface area contributed by atoms with E-state index in [1.165, 1.54) is 13.8 Å². The minimum atomic E-state index is -0.694. The molecule has 0 spiro atoms. The molecule has 1 atom stereocenters. The molecule has 7 heteroatoms. The number of nitrogens with one attached hydrogen (secondary N) is 1. The molecule has 2 heterocycles. The zero-order valence-corrected chi connectivity index (χ0v) is 13.3. The Morgan fingerprint density at radius 2 is 1.96 bits per heavy atom. The molecule has 1 amide bonds. The molecule has 3 rings (SSSR count). The van der Waals surface area contributed by atoms with Gasteiger partial charge in [-0.3, -0.25) is 9.59 Å². The van der Waals surface area contributed by atoms with Crippen LogP contribution in [0.5, 0.6) is 11.5 Å². The highest BCUT2D eigenvalue weighted by Crippen LogP contribution is 2.46. The van der Waals surface area contributed by atoms with Gasteiger partial charge in [-0.15, -0.1) is 0 Å². The van der Waals surface area contributed by atoms with E-state index in [2.05, 4.69) is 5.32 Å². The Morgan fingerprint density at radius 1 is 1.26 bits per heavy atom. The summed E-state index contributed by atoms with van der Waals surface area (Å²) in [6.07, 6.45) is -0.00481. The smallest absolute Gasteiger partial charge is 0.308 e. The van der Waals surface area contributed by atoms with E-state index in [9.17, 15) is 9.59 Å². The van der Waals surface area contributed by atoms with Gasteiger partial charge in [0.25, 0.3) is 0 Å². The first-order chi connectivity index (χ1) is 10.9. The van der Waals surface area contributed by atoms with E-state index in [0.29, 0.717) is 36.8 Å². The minimum Gasteiger partial charge on any atom is -0.482 e. The fraction of sp³-hybridized carbons (Fsp3) is 0.500. The number of esters is 1. The van der Waals surface area contributed by atoms with Crippen LogP contribution in [-0.2, 0) is 25.5 Å². The first kappa shape index (κ1) is 15.8. The van der Waals surface area contributed by atoms with E-state index in [1.807, 2.05) is 6.92 Å². The summed E-state index contributed by atoms with van der Waals surface area (Å²) in [7, 11) is 0. The van der Waals surface area contributed by atoms with E-state index in [4.69, 9.17) is 18.9 Å². The summed E-state index contributed by atoms with van der Waals surface area (Å²) >= 11 is 0. The van der Waals surface area contributed by atoms with E-state index >= 15 is 0 Å². The van der Waals surface area contributed by atoms with Crippen LogP contribution in [0.2, 0.25) is 0 Å². The maximum absolute atomic E-state index is 11.5. The third-order valence-corrected chi connectivity index (χ3v) is 3.78. The van der Waals surface area contributed by atoms with Crippen LogP contribution in [0.1, 0.15) is 26.3 Å². The van der Waals surface area contributed by atoms with Crippen molar-refractivity contribution in [2.45, 2.75) is 39.1 Å². The maximum Gasteiger partial charge on any atom is 0.308 e. The SMILES string of the molecule is CC(=O)Nc1c(OC(C)=O)ccc2c1CC(C)(C1OCCO1)O2. The fourth-order valence-electron chi connectivity index (χ4n) is 2.91. The average molecular weight is 321 g/mol. The highest BCUT2D eigenvalue weighted by Gasteiger charge is 2.47. The van der Waals surface area contributed by atoms with Gasteiger partial charge < -0.3 is 24.3 Å². The molecule has 1 aromatic carbocycles. The Balaban J connectivity index is 1.97. The van der Waals surface area contributed by atoms with E-state index in [-0.39, 0.29) is 5.91 Å². The molecule has 1 aromatic rings. The van der Waals surface area contributed by atoms with Crippen molar-refractivity contribution in [3.8, 4) is 11.5 Å². The van der Waals surface area contributed by atoms with E-state index in [1.54, 1.807) is 12.1 Å². The van der Waals surface area contributed by atoms with Crippen molar-refractivity contribution in [1.82, 2.24) is 0 Å². The van der Waals surface area contributed by atoms with Crippen LogP contribution < -0.4 is 14.8 Å². The van der Waals surface area contributed by atoms with Gasteiger partial charge >= 0.3 is 5.97 Å². The van der Waals surface area contributed by atoms with Crippen LogP contribution in [0.3, 0.4) is 0 Å². The number of ether oxygens (including phenoxy) is 4. The molecule has 0 aromatic heterocycles. The van der Waals surface area contributed by atoms with Crippen molar-refractivity contribution in [3.05, 3.63) is 17.7 Å². The van der Waals surface area contributed by atoms with Gasteiger partial charge in [-0.25, -0.2) is 0 Å². The first-order valence-electron chi connectivity index (χ1n) is 7.43. The van der Waals surface area contributed by atoms with Gasteiger partial charge in [0, 0.05) is 25.8 Å². The quantitative estimate of drug-likeness (QED) is 0.673. The number of rotatable bonds is 3. The molecule has 0 aliphatic carbocycles. The lowest BCUT2D eigenvalue weighted by atomic mass is 9.97. The second-order valence-electron chi connectivity index (χ2n) is 5.86. The minimum absolute atomic E-state index is 0.256. The Kier molecular flexibility index (Phi) is 3.99. The Morgan fingerprint density at radius 3 is 2.57 bits per heavy atom. The number of benzene rings is 1. The predicted octanol–water partition coefficient (Wildman–Crippen LogP) is 1.64. The van der Waals surface area contributed by atoms with Gasteiger partial charge in [0.05, 0.1) is 18.9 Å². The number of amides is 1. The van der Waals surface area contributed by atoms with Crippen LogP contribution in [0, 0.1) is 0 Å². The number of carbonyl (C=O) groups excluding carboxylic acids is 2. The van der Waals surface area contributed by atoms with Crippen molar-refractivity contribution in [3.63, 3.8) is 0 Å². The number of hydrogen-bond acceptors (Lipinski definition) is 6. The van der Waals surface area contributed by atoms with Crippen LogP contribution in [0.25, 0.3) is 0 Å². The van der Waals surface area contributed by atoms with Gasteiger partial charge in [-0.2, -0.15) is 0 Å². The second kappa shape index (κ2) is 5.82. The molecule has 1 unspecified atom stereocenters. The summed E-state index contributed by atoms with van der Waals surface area (Å²) in [4.78, 5) is 22.8. The number of carbonyl (C=O) groups is 2. The lowest BCUT2D eigenvalue weighted by Gasteiger charge is -2.28. The Bertz CT molecular complexity index is 652. The van der Waals surface area contributed by atoms with Gasteiger partial charge in [0.1, 0.15) is 5.75 Å². The van der Waals surface area contributed by atoms with Gasteiger partial charge in [-0.05, 0) is 19.1 Å². The Labute approximate surface area is 133 Å². The molecular formula is C16H19NO6. The highest BCUT2D eigenvalue weighted by molar-refractivity contribution is 5.93. The number of anilines is 1. The van der Waals surface area contributed by atoms with Crippen LogP contribution in [-0.4, -0.2) is 37.0 Å². The summed E-state index contributed by atoms with van der Waals surface area (Å²) in [6.45, 7) is 5.65. The largest absolute Gasteiger partial charge is 0.482 e. The summed E-state index contributed by atoms with van der Waals surface area (Å²) in [5, 5.41) is 2.73. The standard InChI is InChI=1S/C16H19NO6/c1-9(18)17-14-11-8-16(3,15-20-6-7-21-15)23-12(11)4-5-13(14)22-10(2)19/h4-5,15H,6-8H2,1-3H3,(H,17,18). The van der Waals surface area contributed by atoms with E-state index < -0.39 is 17.9 Å². The predicted molar refractivity (Wildman–Crippen MR) is 80.5 cm³/mol. The van der Waals surface area contributed by atoms with Crippen molar-refractivity contribution >= 4 is 17.6 Å². The first-order valence-corrected chi connectivity index (χ1v) is 7.43. The highest BCUT2D eigenvalue weighted by atomic mass is 16.7. The van der Waals surface area contributed by atoms with Gasteiger partial charge in [0.15, 0.2) is 17.6 Å².